The first-order valence-electron chi connectivity index (χ1n) is 8.16. The van der Waals surface area contributed by atoms with Gasteiger partial charge in [-0.2, -0.15) is 5.26 Å². The molecule has 0 saturated carbocycles. The second-order valence-corrected chi connectivity index (χ2v) is 6.08. The van der Waals surface area contributed by atoms with Gasteiger partial charge in [-0.05, 0) is 67.4 Å². The molecule has 2 N–H and O–H groups in total. The number of anilines is 3. The van der Waals surface area contributed by atoms with Crippen molar-refractivity contribution in [3.63, 3.8) is 0 Å². The van der Waals surface area contributed by atoms with Gasteiger partial charge in [0, 0.05) is 11.4 Å². The molecular weight excluding hydrogens is 324 g/mol. The fourth-order valence-electron chi connectivity index (χ4n) is 2.68. The van der Waals surface area contributed by atoms with E-state index < -0.39 is 0 Å². The SMILES string of the molecule is Cc1cc(C)cc(NC(=O)c2ccc(Nc3cccc(C#N)c3)cn2)c1. The molecule has 0 saturated heterocycles. The van der Waals surface area contributed by atoms with E-state index in [1.807, 2.05) is 32.0 Å². The smallest absolute Gasteiger partial charge is 0.274 e. The van der Waals surface area contributed by atoms with E-state index in [1.165, 1.54) is 0 Å². The van der Waals surface area contributed by atoms with Crippen LogP contribution in [0.4, 0.5) is 17.1 Å². The first-order valence-corrected chi connectivity index (χ1v) is 8.16. The zero-order valence-corrected chi connectivity index (χ0v) is 14.6. The number of carbonyl (C=O) groups excluding carboxylic acids is 1. The van der Waals surface area contributed by atoms with Gasteiger partial charge in [0.25, 0.3) is 5.91 Å². The van der Waals surface area contributed by atoms with Crippen molar-refractivity contribution < 1.29 is 4.79 Å². The maximum Gasteiger partial charge on any atom is 0.274 e. The Kier molecular flexibility index (Phi) is 4.95. The lowest BCUT2D eigenvalue weighted by Gasteiger charge is -2.09. The van der Waals surface area contributed by atoms with Crippen LogP contribution in [0.3, 0.4) is 0 Å². The number of nitriles is 1. The van der Waals surface area contributed by atoms with Crippen LogP contribution in [0.5, 0.6) is 0 Å². The molecule has 3 rings (SSSR count). The van der Waals surface area contributed by atoms with Crippen molar-refractivity contribution in [3.05, 3.63) is 83.2 Å². The summed E-state index contributed by atoms with van der Waals surface area (Å²) in [7, 11) is 0. The van der Waals surface area contributed by atoms with Gasteiger partial charge in [-0.15, -0.1) is 0 Å². The first kappa shape index (κ1) is 17.2. The van der Waals surface area contributed by atoms with Crippen LogP contribution in [0, 0.1) is 25.2 Å². The molecular formula is C21H18N4O. The topological polar surface area (TPSA) is 77.8 Å². The molecule has 0 bridgehead atoms. The molecule has 1 aromatic heterocycles. The van der Waals surface area contributed by atoms with Crippen molar-refractivity contribution in [2.75, 3.05) is 10.6 Å². The van der Waals surface area contributed by atoms with E-state index in [2.05, 4.69) is 27.8 Å². The molecule has 26 heavy (non-hydrogen) atoms. The monoisotopic (exact) mass is 342 g/mol. The van der Waals surface area contributed by atoms with Gasteiger partial charge in [0.05, 0.1) is 23.5 Å². The highest BCUT2D eigenvalue weighted by Crippen LogP contribution is 2.18. The lowest BCUT2D eigenvalue weighted by Crippen LogP contribution is -2.13. The van der Waals surface area contributed by atoms with E-state index in [1.54, 1.807) is 36.5 Å². The standard InChI is InChI=1S/C21H18N4O/c1-14-8-15(2)10-19(9-14)25-21(26)20-7-6-18(13-23-20)24-17-5-3-4-16(11-17)12-22/h3-11,13,24H,1-2H3,(H,25,26). The van der Waals surface area contributed by atoms with Gasteiger partial charge < -0.3 is 10.6 Å². The van der Waals surface area contributed by atoms with Crippen LogP contribution in [0.15, 0.2) is 60.8 Å². The summed E-state index contributed by atoms with van der Waals surface area (Å²) >= 11 is 0. The summed E-state index contributed by atoms with van der Waals surface area (Å²) in [5.74, 6) is -0.256. The largest absolute Gasteiger partial charge is 0.354 e. The van der Waals surface area contributed by atoms with Gasteiger partial charge in [-0.1, -0.05) is 12.1 Å². The Morgan fingerprint density at radius 1 is 0.962 bits per heavy atom. The maximum atomic E-state index is 12.4. The van der Waals surface area contributed by atoms with Gasteiger partial charge in [0.1, 0.15) is 5.69 Å². The maximum absolute atomic E-state index is 12.4. The molecule has 0 unspecified atom stereocenters. The first-order chi connectivity index (χ1) is 12.5. The molecule has 0 atom stereocenters. The molecule has 128 valence electrons. The normalized spacial score (nSPS) is 10.0. The third-order valence-electron chi connectivity index (χ3n) is 3.76. The minimum Gasteiger partial charge on any atom is -0.354 e. The number of amides is 1. The van der Waals surface area contributed by atoms with E-state index in [-0.39, 0.29) is 5.91 Å². The average Bonchev–Trinajstić information content (AvgIpc) is 2.61. The number of nitrogens with zero attached hydrogens (tertiary/aromatic N) is 2. The number of aromatic nitrogens is 1. The second kappa shape index (κ2) is 7.49. The van der Waals surface area contributed by atoms with Crippen LogP contribution in [0.25, 0.3) is 0 Å². The Balaban J connectivity index is 1.70. The number of nitrogens with one attached hydrogen (secondary N) is 2. The molecule has 5 heteroatoms. The Bertz CT molecular complexity index is 967. The van der Waals surface area contributed by atoms with Crippen molar-refractivity contribution in [1.29, 1.82) is 5.26 Å². The zero-order valence-electron chi connectivity index (χ0n) is 14.6. The minimum absolute atomic E-state index is 0.256. The summed E-state index contributed by atoms with van der Waals surface area (Å²) in [5, 5.41) is 15.0. The van der Waals surface area contributed by atoms with Crippen LogP contribution in [-0.4, -0.2) is 10.9 Å². The summed E-state index contributed by atoms with van der Waals surface area (Å²) < 4.78 is 0. The van der Waals surface area contributed by atoms with E-state index in [9.17, 15) is 4.79 Å². The van der Waals surface area contributed by atoms with Crippen LogP contribution < -0.4 is 10.6 Å². The molecule has 0 radical (unpaired) electrons. The van der Waals surface area contributed by atoms with Gasteiger partial charge in [-0.25, -0.2) is 4.98 Å². The quantitative estimate of drug-likeness (QED) is 0.728. The molecule has 0 aliphatic heterocycles. The number of benzene rings is 2. The minimum atomic E-state index is -0.256. The van der Waals surface area contributed by atoms with Crippen LogP contribution in [0.1, 0.15) is 27.2 Å². The third kappa shape index (κ3) is 4.25. The van der Waals surface area contributed by atoms with Crippen molar-refractivity contribution in [2.45, 2.75) is 13.8 Å². The second-order valence-electron chi connectivity index (χ2n) is 6.08. The van der Waals surface area contributed by atoms with Gasteiger partial charge in [0.15, 0.2) is 0 Å². The Labute approximate surface area is 152 Å². The molecule has 0 fully saturated rings. The van der Waals surface area contributed by atoms with Gasteiger partial charge in [-0.3, -0.25) is 4.79 Å². The number of hydrogen-bond donors (Lipinski definition) is 2. The number of carbonyl (C=O) groups is 1. The molecule has 3 aromatic rings. The number of pyridine rings is 1. The number of hydrogen-bond acceptors (Lipinski definition) is 4. The summed E-state index contributed by atoms with van der Waals surface area (Å²) in [5.41, 5.74) is 5.37. The predicted octanol–water partition coefficient (Wildman–Crippen LogP) is 4.57. The predicted molar refractivity (Wildman–Crippen MR) is 103 cm³/mol. The zero-order chi connectivity index (χ0) is 18.5. The lowest BCUT2D eigenvalue weighted by molar-refractivity contribution is 0.102. The molecule has 0 aliphatic rings. The van der Waals surface area contributed by atoms with Crippen molar-refractivity contribution in [1.82, 2.24) is 4.98 Å². The number of aryl methyl sites for hydroxylation is 2. The van der Waals surface area contributed by atoms with Crippen LogP contribution >= 0.6 is 0 Å². The molecule has 1 heterocycles. The molecule has 0 spiro atoms. The fourth-order valence-corrected chi connectivity index (χ4v) is 2.68. The van der Waals surface area contributed by atoms with E-state index in [0.29, 0.717) is 11.3 Å². The summed E-state index contributed by atoms with van der Waals surface area (Å²) in [6.45, 7) is 3.98. The van der Waals surface area contributed by atoms with E-state index in [4.69, 9.17) is 5.26 Å². The van der Waals surface area contributed by atoms with Crippen molar-refractivity contribution in [3.8, 4) is 6.07 Å². The highest BCUT2D eigenvalue weighted by atomic mass is 16.1. The Morgan fingerprint density at radius 3 is 2.38 bits per heavy atom. The molecule has 0 aliphatic carbocycles. The summed E-state index contributed by atoms with van der Waals surface area (Å²) in [4.78, 5) is 16.6. The third-order valence-corrected chi connectivity index (χ3v) is 3.76. The van der Waals surface area contributed by atoms with Gasteiger partial charge >= 0.3 is 0 Å². The van der Waals surface area contributed by atoms with Crippen LogP contribution in [0.2, 0.25) is 0 Å². The highest BCUT2D eigenvalue weighted by Gasteiger charge is 2.08. The van der Waals surface area contributed by atoms with E-state index in [0.717, 1.165) is 28.2 Å². The van der Waals surface area contributed by atoms with Crippen molar-refractivity contribution in [2.24, 2.45) is 0 Å². The summed E-state index contributed by atoms with van der Waals surface area (Å²) in [6, 6.07) is 18.6. The molecule has 1 amide bonds. The Morgan fingerprint density at radius 2 is 1.73 bits per heavy atom. The molecule has 2 aromatic carbocycles. The Hall–Kier alpha value is -3.65. The van der Waals surface area contributed by atoms with E-state index >= 15 is 0 Å². The fraction of sp³-hybridized carbons (Fsp3) is 0.0952. The van der Waals surface area contributed by atoms with Gasteiger partial charge in [0.2, 0.25) is 0 Å². The number of rotatable bonds is 4. The highest BCUT2D eigenvalue weighted by molar-refractivity contribution is 6.03. The molecule has 5 nitrogen and oxygen atoms in total. The lowest BCUT2D eigenvalue weighted by atomic mass is 10.1. The van der Waals surface area contributed by atoms with Crippen molar-refractivity contribution >= 4 is 23.0 Å². The average molecular weight is 342 g/mol. The van der Waals surface area contributed by atoms with Crippen LogP contribution in [-0.2, 0) is 0 Å². The summed E-state index contributed by atoms with van der Waals surface area (Å²) in [6.07, 6.45) is 1.59.